The maximum Gasteiger partial charge on any atom is 0.337 e. The summed E-state index contributed by atoms with van der Waals surface area (Å²) < 4.78 is 35.9. The molecule has 0 unspecified atom stereocenters. The van der Waals surface area contributed by atoms with E-state index < -0.39 is 27.9 Å². The SMILES string of the molecule is CC[C@@H](C(=O)Nc1ccc(C(=O)OC)cc1)N(c1cccc(OC)c1)S(C)(=O)=O. The van der Waals surface area contributed by atoms with Gasteiger partial charge in [-0.15, -0.1) is 0 Å². The van der Waals surface area contributed by atoms with Crippen LogP contribution in [0.25, 0.3) is 0 Å². The second-order valence-electron chi connectivity index (χ2n) is 6.24. The summed E-state index contributed by atoms with van der Waals surface area (Å²) in [7, 11) is -0.999. The number of ether oxygens (including phenoxy) is 2. The van der Waals surface area contributed by atoms with Crippen molar-refractivity contribution in [3.05, 3.63) is 54.1 Å². The third kappa shape index (κ3) is 5.47. The Bertz CT molecular complexity index is 973. The van der Waals surface area contributed by atoms with Crippen LogP contribution in [0, 0.1) is 0 Å². The molecule has 29 heavy (non-hydrogen) atoms. The number of carbonyl (C=O) groups excluding carboxylic acids is 2. The summed E-state index contributed by atoms with van der Waals surface area (Å²) in [6, 6.07) is 11.7. The minimum absolute atomic E-state index is 0.246. The first kappa shape index (κ1) is 22.2. The summed E-state index contributed by atoms with van der Waals surface area (Å²) in [4.78, 5) is 24.4. The van der Waals surface area contributed by atoms with Gasteiger partial charge in [0.1, 0.15) is 11.8 Å². The zero-order valence-electron chi connectivity index (χ0n) is 16.7. The van der Waals surface area contributed by atoms with Crippen molar-refractivity contribution in [3.8, 4) is 5.75 Å². The van der Waals surface area contributed by atoms with Gasteiger partial charge in [0.25, 0.3) is 0 Å². The van der Waals surface area contributed by atoms with Gasteiger partial charge in [-0.25, -0.2) is 13.2 Å². The van der Waals surface area contributed by atoms with Gasteiger partial charge >= 0.3 is 5.97 Å². The van der Waals surface area contributed by atoms with Gasteiger partial charge in [0.15, 0.2) is 0 Å². The van der Waals surface area contributed by atoms with Crippen LogP contribution < -0.4 is 14.4 Å². The number of sulfonamides is 1. The molecule has 0 aliphatic rings. The predicted molar refractivity (Wildman–Crippen MR) is 111 cm³/mol. The number of nitrogens with zero attached hydrogens (tertiary/aromatic N) is 1. The molecule has 0 bridgehead atoms. The molecular formula is C20H24N2O6S. The first-order chi connectivity index (χ1) is 13.7. The summed E-state index contributed by atoms with van der Waals surface area (Å²) in [6.45, 7) is 1.73. The molecule has 0 aromatic heterocycles. The second-order valence-corrected chi connectivity index (χ2v) is 8.10. The Kier molecular flexibility index (Phi) is 7.22. The minimum atomic E-state index is -3.76. The Morgan fingerprint density at radius 2 is 1.76 bits per heavy atom. The summed E-state index contributed by atoms with van der Waals surface area (Å²) in [6.07, 6.45) is 1.30. The standard InChI is InChI=1S/C20H24N2O6S/c1-5-18(19(23)21-15-11-9-14(10-12-15)20(24)28-3)22(29(4,25)26)16-7-6-8-17(13-16)27-2/h6-13,18H,5H2,1-4H3,(H,21,23)/t18-/m0/s1. The number of benzene rings is 2. The van der Waals surface area contributed by atoms with Crippen molar-refractivity contribution in [2.24, 2.45) is 0 Å². The lowest BCUT2D eigenvalue weighted by Crippen LogP contribution is -2.47. The first-order valence-corrected chi connectivity index (χ1v) is 10.7. The molecule has 0 saturated carbocycles. The monoisotopic (exact) mass is 420 g/mol. The molecule has 2 rings (SSSR count). The molecule has 0 saturated heterocycles. The minimum Gasteiger partial charge on any atom is -0.497 e. The average Bonchev–Trinajstić information content (AvgIpc) is 2.70. The van der Waals surface area contributed by atoms with Crippen molar-refractivity contribution in [3.63, 3.8) is 0 Å². The lowest BCUT2D eigenvalue weighted by atomic mass is 10.1. The van der Waals surface area contributed by atoms with Crippen molar-refractivity contribution in [2.75, 3.05) is 30.1 Å². The summed E-state index contributed by atoms with van der Waals surface area (Å²) >= 11 is 0. The molecule has 0 aliphatic heterocycles. The van der Waals surface area contributed by atoms with Crippen molar-refractivity contribution >= 4 is 33.3 Å². The highest BCUT2D eigenvalue weighted by Gasteiger charge is 2.31. The fourth-order valence-corrected chi connectivity index (χ4v) is 4.04. The number of amides is 1. The summed E-state index contributed by atoms with van der Waals surface area (Å²) in [5, 5.41) is 2.70. The number of nitrogens with one attached hydrogen (secondary N) is 1. The molecule has 1 amide bonds. The molecule has 9 heteroatoms. The van der Waals surface area contributed by atoms with E-state index in [4.69, 9.17) is 4.74 Å². The second kappa shape index (κ2) is 9.42. The van der Waals surface area contributed by atoms with Crippen LogP contribution in [0.5, 0.6) is 5.75 Å². The lowest BCUT2D eigenvalue weighted by molar-refractivity contribution is -0.117. The highest BCUT2D eigenvalue weighted by atomic mass is 32.2. The zero-order valence-corrected chi connectivity index (χ0v) is 17.5. The average molecular weight is 420 g/mol. The van der Waals surface area contributed by atoms with Crippen LogP contribution in [-0.2, 0) is 19.6 Å². The van der Waals surface area contributed by atoms with E-state index in [1.165, 1.54) is 26.4 Å². The summed E-state index contributed by atoms with van der Waals surface area (Å²) in [5.41, 5.74) is 1.10. The molecule has 0 fully saturated rings. The first-order valence-electron chi connectivity index (χ1n) is 8.84. The molecule has 0 aliphatic carbocycles. The number of methoxy groups -OCH3 is 2. The maximum absolute atomic E-state index is 12.9. The lowest BCUT2D eigenvalue weighted by Gasteiger charge is -2.30. The zero-order chi connectivity index (χ0) is 21.6. The van der Waals surface area contributed by atoms with E-state index in [-0.39, 0.29) is 6.42 Å². The number of carbonyl (C=O) groups is 2. The Balaban J connectivity index is 2.32. The van der Waals surface area contributed by atoms with Crippen LogP contribution >= 0.6 is 0 Å². The van der Waals surface area contributed by atoms with Crippen LogP contribution in [0.2, 0.25) is 0 Å². The molecule has 0 spiro atoms. The molecule has 1 atom stereocenters. The summed E-state index contributed by atoms with van der Waals surface area (Å²) in [5.74, 6) is -0.507. The number of esters is 1. The van der Waals surface area contributed by atoms with Gasteiger partial charge in [-0.2, -0.15) is 0 Å². The fraction of sp³-hybridized carbons (Fsp3) is 0.300. The fourth-order valence-electron chi connectivity index (χ4n) is 2.84. The van der Waals surface area contributed by atoms with E-state index in [1.807, 2.05) is 0 Å². The molecule has 2 aromatic rings. The molecule has 1 N–H and O–H groups in total. The van der Waals surface area contributed by atoms with Gasteiger partial charge in [0, 0.05) is 11.8 Å². The van der Waals surface area contributed by atoms with Crippen molar-refractivity contribution in [2.45, 2.75) is 19.4 Å². The van der Waals surface area contributed by atoms with E-state index in [2.05, 4.69) is 10.1 Å². The Hall–Kier alpha value is -3.07. The van der Waals surface area contributed by atoms with Gasteiger partial charge < -0.3 is 14.8 Å². The normalized spacial score (nSPS) is 12.0. The van der Waals surface area contributed by atoms with E-state index in [0.717, 1.165) is 10.6 Å². The van der Waals surface area contributed by atoms with E-state index in [0.29, 0.717) is 22.7 Å². The number of hydrogen-bond donors (Lipinski definition) is 1. The predicted octanol–water partition coefficient (Wildman–Crippen LogP) is 2.67. The van der Waals surface area contributed by atoms with Crippen molar-refractivity contribution in [1.82, 2.24) is 0 Å². The van der Waals surface area contributed by atoms with Gasteiger partial charge in [-0.05, 0) is 42.8 Å². The smallest absolute Gasteiger partial charge is 0.337 e. The number of hydrogen-bond acceptors (Lipinski definition) is 6. The highest BCUT2D eigenvalue weighted by molar-refractivity contribution is 7.92. The Labute approximate surface area is 170 Å². The van der Waals surface area contributed by atoms with Gasteiger partial charge in [0.2, 0.25) is 15.9 Å². The molecule has 0 heterocycles. The van der Waals surface area contributed by atoms with E-state index in [9.17, 15) is 18.0 Å². The Morgan fingerprint density at radius 3 is 2.28 bits per heavy atom. The quantitative estimate of drug-likeness (QED) is 0.659. The van der Waals surface area contributed by atoms with Crippen LogP contribution in [0.3, 0.4) is 0 Å². The largest absolute Gasteiger partial charge is 0.497 e. The number of anilines is 2. The van der Waals surface area contributed by atoms with Gasteiger partial charge in [-0.1, -0.05) is 13.0 Å². The maximum atomic E-state index is 12.9. The van der Waals surface area contributed by atoms with Crippen LogP contribution in [0.1, 0.15) is 23.7 Å². The Morgan fingerprint density at radius 1 is 1.10 bits per heavy atom. The van der Waals surface area contributed by atoms with Crippen LogP contribution in [0.4, 0.5) is 11.4 Å². The third-order valence-electron chi connectivity index (χ3n) is 4.21. The van der Waals surface area contributed by atoms with E-state index >= 15 is 0 Å². The molecule has 156 valence electrons. The molecular weight excluding hydrogens is 396 g/mol. The van der Waals surface area contributed by atoms with Crippen molar-refractivity contribution < 1.29 is 27.5 Å². The van der Waals surface area contributed by atoms with Crippen LogP contribution in [-0.4, -0.2) is 46.8 Å². The highest BCUT2D eigenvalue weighted by Crippen LogP contribution is 2.27. The third-order valence-corrected chi connectivity index (χ3v) is 5.39. The van der Waals surface area contributed by atoms with Gasteiger partial charge in [-0.3, -0.25) is 9.10 Å². The van der Waals surface area contributed by atoms with Crippen LogP contribution in [0.15, 0.2) is 48.5 Å². The molecule has 0 radical (unpaired) electrons. The molecule has 2 aromatic carbocycles. The molecule has 8 nitrogen and oxygen atoms in total. The van der Waals surface area contributed by atoms with Crippen molar-refractivity contribution in [1.29, 1.82) is 0 Å². The van der Waals surface area contributed by atoms with E-state index in [1.54, 1.807) is 43.3 Å². The number of rotatable bonds is 8. The van der Waals surface area contributed by atoms with Gasteiger partial charge in [0.05, 0.1) is 31.7 Å². The topological polar surface area (TPSA) is 102 Å².